The third-order valence-corrected chi connectivity index (χ3v) is 3.68. The van der Waals surface area contributed by atoms with Crippen LogP contribution >= 0.6 is 0 Å². The number of hydrogen-bond acceptors (Lipinski definition) is 5. The molecule has 1 aliphatic heterocycles. The van der Waals surface area contributed by atoms with E-state index in [1.165, 1.54) is 19.2 Å². The summed E-state index contributed by atoms with van der Waals surface area (Å²) in [4.78, 5) is 23.5. The molecule has 0 spiro atoms. The number of carbonyl (C=O) groups is 1. The molecule has 0 saturated carbocycles. The minimum absolute atomic E-state index is 0.0664. The highest BCUT2D eigenvalue weighted by molar-refractivity contribution is 5.76. The molecule has 1 aliphatic rings. The van der Waals surface area contributed by atoms with Crippen LogP contribution < -0.4 is 9.64 Å². The first-order valence-corrected chi connectivity index (χ1v) is 6.17. The third kappa shape index (κ3) is 2.52. The van der Waals surface area contributed by atoms with Crippen molar-refractivity contribution in [1.82, 2.24) is 0 Å². The fourth-order valence-electron chi connectivity index (χ4n) is 2.33. The van der Waals surface area contributed by atoms with Crippen molar-refractivity contribution in [3.8, 4) is 5.75 Å². The highest BCUT2D eigenvalue weighted by atomic mass is 16.6. The number of anilines is 1. The molecule has 2 rings (SSSR count). The molecule has 20 heavy (non-hydrogen) atoms. The van der Waals surface area contributed by atoms with Gasteiger partial charge in [0.15, 0.2) is 0 Å². The minimum Gasteiger partial charge on any atom is -0.496 e. The van der Waals surface area contributed by atoms with Crippen LogP contribution in [0.2, 0.25) is 0 Å². The summed E-state index contributed by atoms with van der Waals surface area (Å²) in [6.45, 7) is 2.56. The van der Waals surface area contributed by atoms with Crippen LogP contribution in [0, 0.1) is 15.5 Å². The Morgan fingerprint density at radius 3 is 2.70 bits per heavy atom. The summed E-state index contributed by atoms with van der Waals surface area (Å²) in [7, 11) is 1.44. The predicted molar refractivity (Wildman–Crippen MR) is 72.2 cm³/mol. The van der Waals surface area contributed by atoms with Gasteiger partial charge in [0.05, 0.1) is 23.5 Å². The molecule has 1 heterocycles. The van der Waals surface area contributed by atoms with Gasteiger partial charge < -0.3 is 14.7 Å². The van der Waals surface area contributed by atoms with E-state index in [0.717, 1.165) is 0 Å². The standard InChI is InChI=1S/C13H16N2O5/c1-13(12(16)17)3-4-14(8-13)9-5-10(15(18)19)7-11(6-9)20-2/h5-7H,3-4,8H2,1-2H3,(H,16,17). The van der Waals surface area contributed by atoms with Crippen LogP contribution in [0.25, 0.3) is 0 Å². The Kier molecular flexibility index (Phi) is 3.52. The summed E-state index contributed by atoms with van der Waals surface area (Å²) >= 11 is 0. The number of nitro groups is 1. The van der Waals surface area contributed by atoms with Gasteiger partial charge in [-0.25, -0.2) is 0 Å². The van der Waals surface area contributed by atoms with Crippen LogP contribution in [0.4, 0.5) is 11.4 Å². The zero-order valence-electron chi connectivity index (χ0n) is 11.3. The Morgan fingerprint density at radius 2 is 2.20 bits per heavy atom. The average molecular weight is 280 g/mol. The van der Waals surface area contributed by atoms with Gasteiger partial charge in [-0.3, -0.25) is 14.9 Å². The lowest BCUT2D eigenvalue weighted by Crippen LogP contribution is -2.31. The van der Waals surface area contributed by atoms with Crippen molar-refractivity contribution < 1.29 is 19.6 Å². The summed E-state index contributed by atoms with van der Waals surface area (Å²) in [5.74, 6) is -0.462. The average Bonchev–Trinajstić information content (AvgIpc) is 2.82. The van der Waals surface area contributed by atoms with Crippen LogP contribution in [0.5, 0.6) is 5.75 Å². The Morgan fingerprint density at radius 1 is 1.50 bits per heavy atom. The summed E-state index contributed by atoms with van der Waals surface area (Å²) < 4.78 is 5.06. The van der Waals surface area contributed by atoms with E-state index >= 15 is 0 Å². The van der Waals surface area contributed by atoms with Crippen LogP contribution in [0.1, 0.15) is 13.3 Å². The quantitative estimate of drug-likeness (QED) is 0.669. The summed E-state index contributed by atoms with van der Waals surface area (Å²) in [5, 5.41) is 20.1. The van der Waals surface area contributed by atoms with Crippen molar-refractivity contribution in [2.24, 2.45) is 5.41 Å². The van der Waals surface area contributed by atoms with Crippen molar-refractivity contribution in [2.75, 3.05) is 25.1 Å². The van der Waals surface area contributed by atoms with Gasteiger partial charge in [0.2, 0.25) is 0 Å². The number of nitro benzene ring substituents is 1. The molecule has 1 aromatic rings. The number of non-ortho nitro benzene ring substituents is 1. The van der Waals surface area contributed by atoms with E-state index in [2.05, 4.69) is 0 Å². The number of carboxylic acid groups (broad SMARTS) is 1. The van der Waals surface area contributed by atoms with Crippen LogP contribution in [0.3, 0.4) is 0 Å². The smallest absolute Gasteiger partial charge is 0.311 e. The SMILES string of the molecule is COc1cc(N2CCC(C)(C(=O)O)C2)cc([N+](=O)[O-])c1. The van der Waals surface area contributed by atoms with E-state index in [1.807, 2.05) is 4.90 Å². The molecule has 7 heteroatoms. The van der Waals surface area contributed by atoms with Gasteiger partial charge >= 0.3 is 5.97 Å². The summed E-state index contributed by atoms with van der Waals surface area (Å²) in [6, 6.07) is 4.46. The van der Waals surface area contributed by atoms with Gasteiger partial charge in [-0.05, 0) is 13.3 Å². The monoisotopic (exact) mass is 280 g/mol. The Labute approximate surface area is 115 Å². The minimum atomic E-state index is -0.850. The molecular weight excluding hydrogens is 264 g/mol. The number of ether oxygens (including phenoxy) is 1. The molecule has 1 saturated heterocycles. The number of carboxylic acids is 1. The molecule has 7 nitrogen and oxygen atoms in total. The van der Waals surface area contributed by atoms with Crippen LogP contribution in [0.15, 0.2) is 18.2 Å². The maximum Gasteiger partial charge on any atom is 0.311 e. The Balaban J connectivity index is 2.32. The first-order valence-electron chi connectivity index (χ1n) is 6.17. The molecule has 1 fully saturated rings. The first kappa shape index (κ1) is 14.1. The van der Waals surface area contributed by atoms with Gasteiger partial charge in [0.1, 0.15) is 5.75 Å². The second-order valence-corrected chi connectivity index (χ2v) is 5.18. The van der Waals surface area contributed by atoms with Crippen molar-refractivity contribution >= 4 is 17.3 Å². The topological polar surface area (TPSA) is 92.9 Å². The van der Waals surface area contributed by atoms with E-state index in [4.69, 9.17) is 4.74 Å². The van der Waals surface area contributed by atoms with Gasteiger partial charge in [-0.1, -0.05) is 0 Å². The summed E-state index contributed by atoms with van der Waals surface area (Å²) in [5.41, 5.74) is -0.276. The van der Waals surface area contributed by atoms with Gasteiger partial charge in [-0.2, -0.15) is 0 Å². The third-order valence-electron chi connectivity index (χ3n) is 3.68. The lowest BCUT2D eigenvalue weighted by atomic mass is 9.90. The van der Waals surface area contributed by atoms with Gasteiger partial charge in [0, 0.05) is 30.9 Å². The largest absolute Gasteiger partial charge is 0.496 e. The fourth-order valence-corrected chi connectivity index (χ4v) is 2.33. The molecule has 1 N–H and O–H groups in total. The molecule has 108 valence electrons. The molecule has 1 atom stereocenters. The fraction of sp³-hybridized carbons (Fsp3) is 0.462. The van der Waals surface area contributed by atoms with E-state index in [1.54, 1.807) is 13.0 Å². The zero-order valence-corrected chi connectivity index (χ0v) is 11.3. The lowest BCUT2D eigenvalue weighted by Gasteiger charge is -2.22. The maximum absolute atomic E-state index is 11.2. The highest BCUT2D eigenvalue weighted by Gasteiger charge is 2.40. The second kappa shape index (κ2) is 4.99. The molecule has 1 unspecified atom stereocenters. The van der Waals surface area contributed by atoms with Crippen molar-refractivity contribution in [3.05, 3.63) is 28.3 Å². The number of aliphatic carboxylic acids is 1. The molecule has 1 aromatic carbocycles. The predicted octanol–water partition coefficient (Wildman–Crippen LogP) is 1.90. The molecule has 0 amide bonds. The van der Waals surface area contributed by atoms with E-state index in [0.29, 0.717) is 30.9 Å². The van der Waals surface area contributed by atoms with E-state index in [9.17, 15) is 20.0 Å². The highest BCUT2D eigenvalue weighted by Crippen LogP contribution is 2.36. The number of rotatable bonds is 4. The molecule has 0 radical (unpaired) electrons. The van der Waals surface area contributed by atoms with Crippen molar-refractivity contribution in [3.63, 3.8) is 0 Å². The van der Waals surface area contributed by atoms with Crippen molar-refractivity contribution in [2.45, 2.75) is 13.3 Å². The molecular formula is C13H16N2O5. The first-order chi connectivity index (χ1) is 9.35. The van der Waals surface area contributed by atoms with Gasteiger partial charge in [-0.15, -0.1) is 0 Å². The Bertz CT molecular complexity index is 560. The number of hydrogen-bond donors (Lipinski definition) is 1. The number of methoxy groups -OCH3 is 1. The Hall–Kier alpha value is -2.31. The summed E-state index contributed by atoms with van der Waals surface area (Å²) in [6.07, 6.45) is 0.507. The second-order valence-electron chi connectivity index (χ2n) is 5.18. The molecule has 0 aliphatic carbocycles. The lowest BCUT2D eigenvalue weighted by molar-refractivity contribution is -0.384. The molecule has 0 bridgehead atoms. The van der Waals surface area contributed by atoms with Crippen LogP contribution in [-0.4, -0.2) is 36.2 Å². The normalized spacial score (nSPS) is 21.8. The number of nitrogens with zero attached hydrogens (tertiary/aromatic N) is 2. The van der Waals surface area contributed by atoms with Crippen molar-refractivity contribution in [1.29, 1.82) is 0 Å². The van der Waals surface area contributed by atoms with Crippen LogP contribution in [-0.2, 0) is 4.79 Å². The number of benzene rings is 1. The van der Waals surface area contributed by atoms with E-state index in [-0.39, 0.29) is 5.69 Å². The maximum atomic E-state index is 11.2. The zero-order chi connectivity index (χ0) is 14.9. The molecule has 0 aromatic heterocycles. The van der Waals surface area contributed by atoms with E-state index < -0.39 is 16.3 Å². The van der Waals surface area contributed by atoms with Gasteiger partial charge in [0.25, 0.3) is 5.69 Å².